The summed E-state index contributed by atoms with van der Waals surface area (Å²) in [4.78, 5) is 22.8. The zero-order chi connectivity index (χ0) is 14.1. The first-order chi connectivity index (χ1) is 9.16. The summed E-state index contributed by atoms with van der Waals surface area (Å²) < 4.78 is 5.20. The minimum Gasteiger partial charge on any atom is -0.481 e. The van der Waals surface area contributed by atoms with Crippen molar-refractivity contribution in [2.24, 2.45) is 11.8 Å². The molecular formula is C14H24O4S. The van der Waals surface area contributed by atoms with E-state index < -0.39 is 17.8 Å². The van der Waals surface area contributed by atoms with Crippen molar-refractivity contribution in [1.29, 1.82) is 0 Å². The summed E-state index contributed by atoms with van der Waals surface area (Å²) in [6.07, 6.45) is 6.87. The lowest BCUT2D eigenvalue weighted by Crippen LogP contribution is -2.30. The molecule has 1 fully saturated rings. The van der Waals surface area contributed by atoms with E-state index in [0.717, 1.165) is 12.8 Å². The zero-order valence-electron chi connectivity index (χ0n) is 11.6. The fourth-order valence-electron chi connectivity index (χ4n) is 2.19. The molecule has 0 spiro atoms. The van der Waals surface area contributed by atoms with E-state index in [9.17, 15) is 9.59 Å². The number of unbranched alkanes of at least 4 members (excludes halogenated alkanes) is 5. The third-order valence-electron chi connectivity index (χ3n) is 3.44. The van der Waals surface area contributed by atoms with E-state index in [-0.39, 0.29) is 5.97 Å². The third kappa shape index (κ3) is 5.85. The van der Waals surface area contributed by atoms with Crippen molar-refractivity contribution in [2.75, 3.05) is 18.1 Å². The number of rotatable bonds is 9. The number of carboxylic acids is 1. The number of hydrogen-bond acceptors (Lipinski definition) is 4. The number of ether oxygens (including phenoxy) is 1. The summed E-state index contributed by atoms with van der Waals surface area (Å²) in [6, 6.07) is 0. The number of thioether (sulfide) groups is 1. The van der Waals surface area contributed by atoms with Gasteiger partial charge in [0.05, 0.1) is 18.4 Å². The van der Waals surface area contributed by atoms with Crippen molar-refractivity contribution in [1.82, 2.24) is 0 Å². The second kappa shape index (κ2) is 9.23. The van der Waals surface area contributed by atoms with Gasteiger partial charge in [0.25, 0.3) is 0 Å². The molecule has 1 rings (SSSR count). The third-order valence-corrected chi connectivity index (χ3v) is 4.63. The van der Waals surface area contributed by atoms with Gasteiger partial charge in [-0.2, -0.15) is 11.8 Å². The van der Waals surface area contributed by atoms with Crippen molar-refractivity contribution in [3.05, 3.63) is 0 Å². The van der Waals surface area contributed by atoms with Crippen LogP contribution in [-0.4, -0.2) is 35.2 Å². The second-order valence-corrected chi connectivity index (χ2v) is 6.10. The van der Waals surface area contributed by atoms with E-state index in [1.54, 1.807) is 0 Å². The molecule has 0 amide bonds. The van der Waals surface area contributed by atoms with Crippen LogP contribution in [0.3, 0.4) is 0 Å². The molecular weight excluding hydrogens is 264 g/mol. The predicted octanol–water partition coefficient (Wildman–Crippen LogP) is 2.95. The van der Waals surface area contributed by atoms with Crippen LogP contribution in [0.2, 0.25) is 0 Å². The van der Waals surface area contributed by atoms with Crippen LogP contribution in [0.15, 0.2) is 0 Å². The van der Waals surface area contributed by atoms with Crippen molar-refractivity contribution >= 4 is 23.7 Å². The van der Waals surface area contributed by atoms with E-state index in [0.29, 0.717) is 18.1 Å². The highest BCUT2D eigenvalue weighted by Crippen LogP contribution is 2.31. The van der Waals surface area contributed by atoms with Crippen LogP contribution in [0, 0.1) is 11.8 Å². The Kier molecular flexibility index (Phi) is 7.94. The van der Waals surface area contributed by atoms with Gasteiger partial charge in [0.1, 0.15) is 0 Å². The van der Waals surface area contributed by atoms with Crippen molar-refractivity contribution in [3.63, 3.8) is 0 Å². The van der Waals surface area contributed by atoms with Gasteiger partial charge in [0.2, 0.25) is 0 Å². The first-order valence-electron chi connectivity index (χ1n) is 7.14. The molecule has 0 bridgehead atoms. The van der Waals surface area contributed by atoms with E-state index in [2.05, 4.69) is 6.92 Å². The van der Waals surface area contributed by atoms with E-state index in [4.69, 9.17) is 9.84 Å². The first-order valence-corrected chi connectivity index (χ1v) is 8.29. The molecule has 1 aliphatic heterocycles. The maximum Gasteiger partial charge on any atom is 0.310 e. The van der Waals surface area contributed by atoms with Crippen LogP contribution < -0.4 is 0 Å². The summed E-state index contributed by atoms with van der Waals surface area (Å²) in [5.74, 6) is -1.14. The van der Waals surface area contributed by atoms with Crippen molar-refractivity contribution < 1.29 is 19.4 Å². The van der Waals surface area contributed by atoms with Crippen LogP contribution >= 0.6 is 11.8 Å². The van der Waals surface area contributed by atoms with Gasteiger partial charge >= 0.3 is 11.9 Å². The molecule has 0 aromatic heterocycles. The van der Waals surface area contributed by atoms with Crippen LogP contribution in [0.4, 0.5) is 0 Å². The summed E-state index contributed by atoms with van der Waals surface area (Å²) in [5.41, 5.74) is 0. The normalized spacial score (nSPS) is 22.4. The zero-order valence-corrected chi connectivity index (χ0v) is 12.4. The topological polar surface area (TPSA) is 63.6 Å². The predicted molar refractivity (Wildman–Crippen MR) is 76.3 cm³/mol. The SMILES string of the molecule is CCCCCCCCOC(=O)C1CSCC1C(=O)O. The Morgan fingerprint density at radius 2 is 1.74 bits per heavy atom. The molecule has 2 unspecified atom stereocenters. The number of carbonyl (C=O) groups excluding carboxylic acids is 1. The Balaban J connectivity index is 2.12. The largest absolute Gasteiger partial charge is 0.481 e. The molecule has 110 valence electrons. The highest BCUT2D eigenvalue weighted by atomic mass is 32.2. The second-order valence-electron chi connectivity index (χ2n) is 5.02. The van der Waals surface area contributed by atoms with Crippen LogP contribution in [-0.2, 0) is 14.3 Å². The van der Waals surface area contributed by atoms with Gasteiger partial charge in [0.15, 0.2) is 0 Å². The number of esters is 1. The van der Waals surface area contributed by atoms with E-state index in [1.807, 2.05) is 0 Å². The molecule has 1 aliphatic rings. The standard InChI is InChI=1S/C14H24O4S/c1-2-3-4-5-6-7-8-18-14(17)12-10-19-9-11(12)13(15)16/h11-12H,2-10H2,1H3,(H,15,16). The quantitative estimate of drug-likeness (QED) is 0.522. The van der Waals surface area contributed by atoms with Gasteiger partial charge in [-0.1, -0.05) is 39.0 Å². The number of hydrogen-bond donors (Lipinski definition) is 1. The number of carboxylic acid groups (broad SMARTS) is 1. The molecule has 4 nitrogen and oxygen atoms in total. The Bertz CT molecular complexity index is 293. The van der Waals surface area contributed by atoms with Gasteiger partial charge < -0.3 is 9.84 Å². The molecule has 0 aliphatic carbocycles. The molecule has 0 saturated carbocycles. The summed E-state index contributed by atoms with van der Waals surface area (Å²) in [5, 5.41) is 9.00. The van der Waals surface area contributed by atoms with E-state index >= 15 is 0 Å². The summed E-state index contributed by atoms with van der Waals surface area (Å²) in [6.45, 7) is 2.61. The Labute approximate surface area is 119 Å². The lowest BCUT2D eigenvalue weighted by molar-refractivity contribution is -0.155. The van der Waals surface area contributed by atoms with Gasteiger partial charge in [-0.15, -0.1) is 0 Å². The van der Waals surface area contributed by atoms with Gasteiger partial charge in [-0.05, 0) is 6.42 Å². The van der Waals surface area contributed by atoms with Crippen molar-refractivity contribution in [3.8, 4) is 0 Å². The number of carbonyl (C=O) groups is 2. The first kappa shape index (κ1) is 16.3. The highest BCUT2D eigenvalue weighted by Gasteiger charge is 2.39. The smallest absolute Gasteiger partial charge is 0.310 e. The summed E-state index contributed by atoms with van der Waals surface area (Å²) in [7, 11) is 0. The lowest BCUT2D eigenvalue weighted by atomic mass is 9.96. The Hall–Kier alpha value is -0.710. The van der Waals surface area contributed by atoms with Gasteiger partial charge in [-0.25, -0.2) is 0 Å². The maximum atomic E-state index is 11.8. The molecule has 0 aromatic carbocycles. The van der Waals surface area contributed by atoms with Crippen LogP contribution in [0.25, 0.3) is 0 Å². The fraction of sp³-hybridized carbons (Fsp3) is 0.857. The van der Waals surface area contributed by atoms with Crippen molar-refractivity contribution in [2.45, 2.75) is 45.4 Å². The van der Waals surface area contributed by atoms with Gasteiger partial charge in [-0.3, -0.25) is 9.59 Å². The van der Waals surface area contributed by atoms with Crippen LogP contribution in [0.1, 0.15) is 45.4 Å². The molecule has 5 heteroatoms. The highest BCUT2D eigenvalue weighted by molar-refractivity contribution is 7.99. The average molecular weight is 288 g/mol. The molecule has 1 N–H and O–H groups in total. The van der Waals surface area contributed by atoms with Gasteiger partial charge in [0, 0.05) is 11.5 Å². The molecule has 0 radical (unpaired) electrons. The number of aliphatic carboxylic acids is 1. The molecule has 0 aromatic rings. The Morgan fingerprint density at radius 1 is 1.11 bits per heavy atom. The molecule has 2 atom stereocenters. The molecule has 1 heterocycles. The minimum atomic E-state index is -0.883. The monoisotopic (exact) mass is 288 g/mol. The van der Waals surface area contributed by atoms with Crippen LogP contribution in [0.5, 0.6) is 0 Å². The fourth-order valence-corrected chi connectivity index (χ4v) is 3.58. The molecule has 19 heavy (non-hydrogen) atoms. The lowest BCUT2D eigenvalue weighted by Gasteiger charge is -2.13. The maximum absolute atomic E-state index is 11.8. The summed E-state index contributed by atoms with van der Waals surface area (Å²) >= 11 is 1.52. The Morgan fingerprint density at radius 3 is 2.42 bits per heavy atom. The minimum absolute atomic E-state index is 0.328. The molecule has 1 saturated heterocycles. The van der Waals surface area contributed by atoms with E-state index in [1.165, 1.54) is 37.4 Å². The average Bonchev–Trinajstić information content (AvgIpc) is 2.87.